The maximum absolute atomic E-state index is 12.6. The van der Waals surface area contributed by atoms with Crippen LogP contribution in [0.4, 0.5) is 5.69 Å². The highest BCUT2D eigenvalue weighted by Gasteiger charge is 2.26. The van der Waals surface area contributed by atoms with Crippen LogP contribution < -0.4 is 5.32 Å². The molecule has 27 heavy (non-hydrogen) atoms. The van der Waals surface area contributed by atoms with Crippen LogP contribution in [0.1, 0.15) is 22.5 Å². The summed E-state index contributed by atoms with van der Waals surface area (Å²) in [5, 5.41) is 4.50. The average molecular weight is 409 g/mol. The number of thiophene rings is 1. The summed E-state index contributed by atoms with van der Waals surface area (Å²) in [4.78, 5) is 24.7. The molecule has 1 amide bonds. The average Bonchev–Trinajstić information content (AvgIpc) is 3.22. The van der Waals surface area contributed by atoms with Crippen molar-refractivity contribution in [1.29, 1.82) is 0 Å². The van der Waals surface area contributed by atoms with Gasteiger partial charge in [-0.1, -0.05) is 6.07 Å². The summed E-state index contributed by atoms with van der Waals surface area (Å²) in [6.07, 6.45) is 0.209. The van der Waals surface area contributed by atoms with Gasteiger partial charge in [-0.2, -0.15) is 4.31 Å². The molecule has 1 aromatic heterocycles. The zero-order valence-electron chi connectivity index (χ0n) is 14.6. The van der Waals surface area contributed by atoms with Crippen LogP contribution in [0, 0.1) is 0 Å². The van der Waals surface area contributed by atoms with Crippen molar-refractivity contribution in [3.05, 3.63) is 46.7 Å². The number of carbonyl (C=O) groups excluding carboxylic acids is 2. The van der Waals surface area contributed by atoms with E-state index < -0.39 is 10.0 Å². The van der Waals surface area contributed by atoms with Gasteiger partial charge in [-0.25, -0.2) is 8.42 Å². The molecule has 144 valence electrons. The number of amides is 1. The lowest BCUT2D eigenvalue weighted by atomic mass is 10.2. The van der Waals surface area contributed by atoms with Crippen LogP contribution in [0.5, 0.6) is 0 Å². The van der Waals surface area contributed by atoms with Gasteiger partial charge in [0.05, 0.1) is 23.0 Å². The summed E-state index contributed by atoms with van der Waals surface area (Å²) in [5.41, 5.74) is 0.490. The molecule has 0 radical (unpaired) electrons. The van der Waals surface area contributed by atoms with E-state index in [1.54, 1.807) is 24.3 Å². The van der Waals surface area contributed by atoms with Gasteiger partial charge in [-0.05, 0) is 35.7 Å². The van der Waals surface area contributed by atoms with Crippen molar-refractivity contribution in [2.24, 2.45) is 0 Å². The molecule has 2 heterocycles. The monoisotopic (exact) mass is 408 g/mol. The molecule has 7 nitrogen and oxygen atoms in total. The summed E-state index contributed by atoms with van der Waals surface area (Å²) in [6, 6.07) is 9.57. The maximum Gasteiger partial charge on any atom is 0.243 e. The quantitative estimate of drug-likeness (QED) is 0.710. The summed E-state index contributed by atoms with van der Waals surface area (Å²) >= 11 is 1.35. The van der Waals surface area contributed by atoms with E-state index in [9.17, 15) is 18.0 Å². The van der Waals surface area contributed by atoms with Gasteiger partial charge in [0.2, 0.25) is 15.9 Å². The number of nitrogens with zero attached hydrogens (tertiary/aromatic N) is 1. The number of ketones is 1. The lowest BCUT2D eigenvalue weighted by Crippen LogP contribution is -2.40. The number of hydrogen-bond acceptors (Lipinski definition) is 6. The van der Waals surface area contributed by atoms with E-state index in [2.05, 4.69) is 5.32 Å². The molecule has 0 spiro atoms. The van der Waals surface area contributed by atoms with Crippen LogP contribution in [-0.4, -0.2) is 50.7 Å². The van der Waals surface area contributed by atoms with Gasteiger partial charge in [0.1, 0.15) is 0 Å². The summed E-state index contributed by atoms with van der Waals surface area (Å²) in [6.45, 7) is 1.44. The number of rotatable bonds is 7. The van der Waals surface area contributed by atoms with E-state index >= 15 is 0 Å². The molecule has 3 rings (SSSR count). The maximum atomic E-state index is 12.6. The summed E-state index contributed by atoms with van der Waals surface area (Å²) in [5.74, 6) is -0.351. The normalized spacial score (nSPS) is 15.4. The fourth-order valence-corrected chi connectivity index (χ4v) is 4.76. The first-order chi connectivity index (χ1) is 13.0. The Labute approximate surface area is 162 Å². The number of nitrogens with one attached hydrogen (secondary N) is 1. The Morgan fingerprint density at radius 2 is 1.78 bits per heavy atom. The number of hydrogen-bond donors (Lipinski definition) is 1. The smallest absolute Gasteiger partial charge is 0.243 e. The zero-order valence-corrected chi connectivity index (χ0v) is 16.2. The van der Waals surface area contributed by atoms with Crippen molar-refractivity contribution < 1.29 is 22.7 Å². The molecular formula is C18H20N2O5S2. The van der Waals surface area contributed by atoms with E-state index in [0.29, 0.717) is 36.9 Å². The third-order valence-electron chi connectivity index (χ3n) is 4.12. The molecule has 1 aliphatic heterocycles. The molecule has 9 heteroatoms. The number of carbonyl (C=O) groups is 2. The topological polar surface area (TPSA) is 92.8 Å². The van der Waals surface area contributed by atoms with Crippen LogP contribution in [-0.2, 0) is 19.6 Å². The zero-order chi connectivity index (χ0) is 19.3. The minimum absolute atomic E-state index is 0.0629. The number of Topliss-reactive ketones (excluding diaryl/α,β-unsaturated/α-hetero) is 1. The van der Waals surface area contributed by atoms with E-state index in [0.717, 1.165) is 0 Å². The summed E-state index contributed by atoms with van der Waals surface area (Å²) in [7, 11) is -3.56. The van der Waals surface area contributed by atoms with Gasteiger partial charge >= 0.3 is 0 Å². The molecular weight excluding hydrogens is 388 g/mol. The van der Waals surface area contributed by atoms with Gasteiger partial charge in [0.25, 0.3) is 0 Å². The predicted molar refractivity (Wildman–Crippen MR) is 103 cm³/mol. The van der Waals surface area contributed by atoms with Crippen molar-refractivity contribution in [1.82, 2.24) is 4.31 Å². The minimum atomic E-state index is -3.56. The van der Waals surface area contributed by atoms with Gasteiger partial charge in [-0.15, -0.1) is 11.3 Å². The highest BCUT2D eigenvalue weighted by Crippen LogP contribution is 2.20. The van der Waals surface area contributed by atoms with Crippen LogP contribution in [0.2, 0.25) is 0 Å². The lowest BCUT2D eigenvalue weighted by Gasteiger charge is -2.26. The second kappa shape index (κ2) is 8.75. The number of sulfonamides is 1. The van der Waals surface area contributed by atoms with Gasteiger partial charge in [-0.3, -0.25) is 9.59 Å². The van der Waals surface area contributed by atoms with Gasteiger partial charge < -0.3 is 10.1 Å². The van der Waals surface area contributed by atoms with Crippen molar-refractivity contribution in [3.8, 4) is 0 Å². The van der Waals surface area contributed by atoms with E-state index in [4.69, 9.17) is 4.74 Å². The fraction of sp³-hybridized carbons (Fsp3) is 0.333. The molecule has 0 aliphatic carbocycles. The summed E-state index contributed by atoms with van der Waals surface area (Å²) < 4.78 is 31.7. The molecule has 0 saturated carbocycles. The largest absolute Gasteiger partial charge is 0.379 e. The Morgan fingerprint density at radius 3 is 2.41 bits per heavy atom. The first kappa shape index (κ1) is 19.7. The first-order valence-corrected chi connectivity index (χ1v) is 10.8. The Hall–Kier alpha value is -2.07. The Bertz CT molecular complexity index is 886. The second-order valence-corrected chi connectivity index (χ2v) is 8.88. The van der Waals surface area contributed by atoms with E-state index in [1.807, 2.05) is 5.38 Å². The molecule has 2 aromatic rings. The standard InChI is InChI=1S/C18H20N2O5S2/c21-16(17-2-1-13-26-17)7-8-18(22)19-14-3-5-15(6-4-14)27(23,24)20-9-11-25-12-10-20/h1-6,13H,7-12H2,(H,19,22). The molecule has 1 N–H and O–H groups in total. The predicted octanol–water partition coefficient (Wildman–Crippen LogP) is 2.37. The third-order valence-corrected chi connectivity index (χ3v) is 6.94. The molecule has 1 aliphatic rings. The molecule has 0 bridgehead atoms. The number of morpholine rings is 1. The molecule has 0 atom stereocenters. The first-order valence-electron chi connectivity index (χ1n) is 8.51. The molecule has 1 saturated heterocycles. The molecule has 1 aromatic carbocycles. The SMILES string of the molecule is O=C(CCC(=O)c1cccs1)Nc1ccc(S(=O)(=O)N2CCOCC2)cc1. The highest BCUT2D eigenvalue weighted by atomic mass is 32.2. The highest BCUT2D eigenvalue weighted by molar-refractivity contribution is 7.89. The number of benzene rings is 1. The van der Waals surface area contributed by atoms with E-state index in [-0.39, 0.29) is 29.4 Å². The minimum Gasteiger partial charge on any atom is -0.379 e. The van der Waals surface area contributed by atoms with E-state index in [1.165, 1.54) is 27.8 Å². The fourth-order valence-electron chi connectivity index (χ4n) is 2.66. The van der Waals surface area contributed by atoms with Crippen LogP contribution in [0.25, 0.3) is 0 Å². The van der Waals surface area contributed by atoms with Gasteiger partial charge in [0.15, 0.2) is 5.78 Å². The van der Waals surface area contributed by atoms with Crippen molar-refractivity contribution in [2.45, 2.75) is 17.7 Å². The Kier molecular flexibility index (Phi) is 6.38. The second-order valence-electron chi connectivity index (χ2n) is 5.99. The third kappa shape index (κ3) is 5.01. The Morgan fingerprint density at radius 1 is 1.07 bits per heavy atom. The molecule has 1 fully saturated rings. The van der Waals surface area contributed by atoms with Crippen molar-refractivity contribution in [3.63, 3.8) is 0 Å². The van der Waals surface area contributed by atoms with Crippen LogP contribution in [0.15, 0.2) is 46.7 Å². The number of ether oxygens (including phenoxy) is 1. The van der Waals surface area contributed by atoms with Gasteiger partial charge in [0, 0.05) is 31.6 Å². The van der Waals surface area contributed by atoms with Crippen molar-refractivity contribution >= 4 is 38.7 Å². The van der Waals surface area contributed by atoms with Crippen molar-refractivity contribution in [2.75, 3.05) is 31.6 Å². The Balaban J connectivity index is 1.55. The van der Waals surface area contributed by atoms with Crippen LogP contribution in [0.3, 0.4) is 0 Å². The number of anilines is 1. The van der Waals surface area contributed by atoms with Crippen LogP contribution >= 0.6 is 11.3 Å². The lowest BCUT2D eigenvalue weighted by molar-refractivity contribution is -0.116. The molecule has 0 unspecified atom stereocenters.